The Bertz CT molecular complexity index is 1300. The molecule has 2 aliphatic heterocycles. The number of esters is 1. The molecule has 15 heteroatoms. The Kier molecular flexibility index (Phi) is 9.55. The van der Waals surface area contributed by atoms with Gasteiger partial charge in [-0.1, -0.05) is 11.6 Å². The van der Waals surface area contributed by atoms with Crippen molar-refractivity contribution in [3.05, 3.63) is 52.8 Å². The standard InChI is InChI=1S/C26H29ClF2N6O6/c1-15(32-24(37)18-4-3-5-31-23(18)27)25(38)34-8-6-33(7-9-34)22-19(28)10-16(11-20(22)29)35-14-17(41-26(35)39)12-30-13-21(36)40-2/h3-5,10-11,15,17,30H,6-9,12-14H2,1-2H3,(H,32,37). The van der Waals surface area contributed by atoms with E-state index >= 15 is 8.78 Å². The molecule has 0 saturated carbocycles. The van der Waals surface area contributed by atoms with Crippen molar-refractivity contribution in [2.45, 2.75) is 19.1 Å². The van der Waals surface area contributed by atoms with Gasteiger partial charge in [0.05, 0.1) is 31.5 Å². The predicted octanol–water partition coefficient (Wildman–Crippen LogP) is 1.57. The molecule has 3 heterocycles. The minimum atomic E-state index is -0.867. The summed E-state index contributed by atoms with van der Waals surface area (Å²) in [5.74, 6) is -3.11. The number of cyclic esters (lactones) is 1. The molecular weight excluding hydrogens is 566 g/mol. The number of pyridine rings is 1. The van der Waals surface area contributed by atoms with E-state index in [-0.39, 0.29) is 73.8 Å². The van der Waals surface area contributed by atoms with Gasteiger partial charge in [0.2, 0.25) is 5.91 Å². The van der Waals surface area contributed by atoms with Crippen molar-refractivity contribution in [2.24, 2.45) is 0 Å². The highest BCUT2D eigenvalue weighted by atomic mass is 35.5. The molecule has 4 rings (SSSR count). The summed E-state index contributed by atoms with van der Waals surface area (Å²) >= 11 is 5.95. The molecule has 0 aliphatic carbocycles. The summed E-state index contributed by atoms with van der Waals surface area (Å²) in [6.45, 7) is 2.30. The molecule has 2 unspecified atom stereocenters. The minimum absolute atomic E-state index is 0.00341. The Morgan fingerprint density at radius 2 is 1.88 bits per heavy atom. The fourth-order valence-corrected chi connectivity index (χ4v) is 4.78. The molecule has 2 aliphatic rings. The molecule has 3 amide bonds. The summed E-state index contributed by atoms with van der Waals surface area (Å²) < 4.78 is 40.1. The van der Waals surface area contributed by atoms with Crippen LogP contribution in [0.25, 0.3) is 0 Å². The van der Waals surface area contributed by atoms with Gasteiger partial charge in [0.1, 0.15) is 23.0 Å². The molecule has 1 aromatic heterocycles. The largest absolute Gasteiger partial charge is 0.468 e. The van der Waals surface area contributed by atoms with Crippen molar-refractivity contribution in [1.82, 2.24) is 20.5 Å². The van der Waals surface area contributed by atoms with Gasteiger partial charge in [0, 0.05) is 51.1 Å². The van der Waals surface area contributed by atoms with Crippen molar-refractivity contribution >= 4 is 46.9 Å². The average molecular weight is 595 g/mol. The summed E-state index contributed by atoms with van der Waals surface area (Å²) in [4.78, 5) is 56.9. The molecule has 220 valence electrons. The van der Waals surface area contributed by atoms with Gasteiger partial charge >= 0.3 is 12.1 Å². The first kappa shape index (κ1) is 29.9. The molecule has 0 bridgehead atoms. The first-order valence-electron chi connectivity index (χ1n) is 12.8. The molecule has 2 aromatic rings. The van der Waals surface area contributed by atoms with E-state index in [9.17, 15) is 19.2 Å². The zero-order valence-electron chi connectivity index (χ0n) is 22.4. The Labute approximate surface area is 239 Å². The van der Waals surface area contributed by atoms with E-state index < -0.39 is 41.7 Å². The van der Waals surface area contributed by atoms with E-state index in [0.717, 1.165) is 17.0 Å². The maximum Gasteiger partial charge on any atom is 0.414 e. The first-order valence-corrected chi connectivity index (χ1v) is 13.2. The zero-order valence-corrected chi connectivity index (χ0v) is 23.1. The number of nitrogens with zero attached hydrogens (tertiary/aromatic N) is 4. The number of nitrogens with one attached hydrogen (secondary N) is 2. The number of methoxy groups -OCH3 is 1. The molecule has 2 N–H and O–H groups in total. The topological polar surface area (TPSA) is 133 Å². The van der Waals surface area contributed by atoms with Crippen LogP contribution >= 0.6 is 11.6 Å². The van der Waals surface area contributed by atoms with E-state index in [1.807, 2.05) is 0 Å². The minimum Gasteiger partial charge on any atom is -0.468 e. The number of benzene rings is 1. The number of carbonyl (C=O) groups excluding carboxylic acids is 4. The normalized spacial score (nSPS) is 17.7. The lowest BCUT2D eigenvalue weighted by molar-refractivity contribution is -0.139. The first-order chi connectivity index (χ1) is 19.6. The Morgan fingerprint density at radius 3 is 2.51 bits per heavy atom. The number of rotatable bonds is 9. The van der Waals surface area contributed by atoms with Crippen LogP contribution in [0.4, 0.5) is 25.0 Å². The van der Waals surface area contributed by atoms with Crippen molar-refractivity contribution in [3.8, 4) is 0 Å². The van der Waals surface area contributed by atoms with Gasteiger partial charge < -0.3 is 29.9 Å². The second-order valence-electron chi connectivity index (χ2n) is 9.43. The van der Waals surface area contributed by atoms with Gasteiger partial charge in [-0.2, -0.15) is 0 Å². The van der Waals surface area contributed by atoms with Crippen molar-refractivity contribution in [1.29, 1.82) is 0 Å². The number of halogens is 3. The average Bonchev–Trinajstić information content (AvgIpc) is 3.32. The Hall–Kier alpha value is -4.04. The lowest BCUT2D eigenvalue weighted by Crippen LogP contribution is -2.54. The molecule has 12 nitrogen and oxygen atoms in total. The molecule has 41 heavy (non-hydrogen) atoms. The highest BCUT2D eigenvalue weighted by Crippen LogP contribution is 2.31. The van der Waals surface area contributed by atoms with Gasteiger partial charge in [-0.25, -0.2) is 18.6 Å². The molecule has 2 saturated heterocycles. The smallest absolute Gasteiger partial charge is 0.414 e. The summed E-state index contributed by atoms with van der Waals surface area (Å²) in [5.41, 5.74) is -0.130. The fourth-order valence-electron chi connectivity index (χ4n) is 4.57. The number of anilines is 2. The number of aromatic nitrogens is 1. The highest BCUT2D eigenvalue weighted by molar-refractivity contribution is 6.32. The van der Waals surface area contributed by atoms with Crippen LogP contribution in [0.3, 0.4) is 0 Å². The Morgan fingerprint density at radius 1 is 1.20 bits per heavy atom. The van der Waals surface area contributed by atoms with Crippen LogP contribution in [0, 0.1) is 11.6 Å². The lowest BCUT2D eigenvalue weighted by Gasteiger charge is -2.37. The lowest BCUT2D eigenvalue weighted by atomic mass is 10.1. The van der Waals surface area contributed by atoms with Gasteiger partial charge in [-0.3, -0.25) is 19.3 Å². The summed E-state index contributed by atoms with van der Waals surface area (Å²) in [6, 6.07) is 4.30. The second-order valence-corrected chi connectivity index (χ2v) is 9.79. The summed E-state index contributed by atoms with van der Waals surface area (Å²) in [6.07, 6.45) is 0.0510. The number of ether oxygens (including phenoxy) is 2. The van der Waals surface area contributed by atoms with Gasteiger partial charge in [0.25, 0.3) is 5.91 Å². The molecule has 2 atom stereocenters. The molecular formula is C26H29ClF2N6O6. The van der Waals surface area contributed by atoms with Crippen LogP contribution in [0.2, 0.25) is 5.15 Å². The third kappa shape index (κ3) is 7.00. The fraction of sp³-hybridized carbons (Fsp3) is 0.423. The van der Waals surface area contributed by atoms with Gasteiger partial charge in [0.15, 0.2) is 11.6 Å². The van der Waals surface area contributed by atoms with E-state index in [1.165, 1.54) is 36.1 Å². The van der Waals surface area contributed by atoms with Crippen molar-refractivity contribution in [2.75, 3.05) is 62.7 Å². The third-order valence-corrected chi connectivity index (χ3v) is 6.99. The maximum absolute atomic E-state index is 15.2. The van der Waals surface area contributed by atoms with Crippen LogP contribution in [-0.4, -0.2) is 98.8 Å². The third-order valence-electron chi connectivity index (χ3n) is 6.69. The maximum atomic E-state index is 15.2. The molecule has 1 aromatic carbocycles. The van der Waals surface area contributed by atoms with E-state index in [2.05, 4.69) is 20.4 Å². The van der Waals surface area contributed by atoms with Gasteiger partial charge in [-0.15, -0.1) is 0 Å². The predicted molar refractivity (Wildman–Crippen MR) is 144 cm³/mol. The zero-order chi connectivity index (χ0) is 29.7. The van der Waals surface area contributed by atoms with Crippen molar-refractivity contribution in [3.63, 3.8) is 0 Å². The Balaban J connectivity index is 1.33. The quantitative estimate of drug-likeness (QED) is 0.328. The summed E-state index contributed by atoms with van der Waals surface area (Å²) in [7, 11) is 1.25. The number of amides is 3. The van der Waals surface area contributed by atoms with Crippen LogP contribution in [0.5, 0.6) is 0 Å². The number of hydrogen-bond acceptors (Lipinski definition) is 9. The van der Waals surface area contributed by atoms with E-state index in [0.29, 0.717) is 0 Å². The van der Waals surface area contributed by atoms with Crippen molar-refractivity contribution < 1.29 is 37.4 Å². The summed E-state index contributed by atoms with van der Waals surface area (Å²) in [5, 5.41) is 5.41. The molecule has 0 radical (unpaired) electrons. The SMILES string of the molecule is COC(=O)CNCC1CN(c2cc(F)c(N3CCN(C(=O)C(C)NC(=O)c4cccnc4Cl)CC3)c(F)c2)C(=O)O1. The van der Waals surface area contributed by atoms with Gasteiger partial charge in [-0.05, 0) is 19.1 Å². The highest BCUT2D eigenvalue weighted by Gasteiger charge is 2.34. The van der Waals surface area contributed by atoms with Crippen LogP contribution in [0.1, 0.15) is 17.3 Å². The molecule has 0 spiro atoms. The molecule has 2 fully saturated rings. The number of hydrogen-bond donors (Lipinski definition) is 2. The van der Waals surface area contributed by atoms with E-state index in [4.69, 9.17) is 16.3 Å². The monoisotopic (exact) mass is 594 g/mol. The van der Waals surface area contributed by atoms with Crippen LogP contribution in [-0.2, 0) is 19.1 Å². The van der Waals surface area contributed by atoms with E-state index in [1.54, 1.807) is 6.07 Å². The number of carbonyl (C=O) groups is 4. The number of piperazine rings is 1. The second kappa shape index (κ2) is 13.1. The van der Waals surface area contributed by atoms with Crippen LogP contribution < -0.4 is 20.4 Å². The van der Waals surface area contributed by atoms with Crippen LogP contribution in [0.15, 0.2) is 30.5 Å².